The Morgan fingerprint density at radius 3 is 2.59 bits per heavy atom. The van der Waals surface area contributed by atoms with Gasteiger partial charge in [0.05, 0.1) is 26.6 Å². The van der Waals surface area contributed by atoms with Gasteiger partial charge in [-0.2, -0.15) is 5.26 Å². The van der Waals surface area contributed by atoms with Crippen LogP contribution in [0.5, 0.6) is 0 Å². The minimum atomic E-state index is -2.83. The van der Waals surface area contributed by atoms with Gasteiger partial charge in [0, 0.05) is 12.1 Å². The van der Waals surface area contributed by atoms with Crippen molar-refractivity contribution in [3.63, 3.8) is 0 Å². The van der Waals surface area contributed by atoms with Crippen LogP contribution in [0.1, 0.15) is 48.8 Å². The van der Waals surface area contributed by atoms with E-state index in [0.717, 1.165) is 0 Å². The third-order valence-electron chi connectivity index (χ3n) is 6.23. The van der Waals surface area contributed by atoms with E-state index in [9.17, 15) is 9.00 Å². The second-order valence-electron chi connectivity index (χ2n) is 8.52. The van der Waals surface area contributed by atoms with Gasteiger partial charge in [-0.15, -0.1) is 0 Å². The Bertz CT molecular complexity index is 1300. The Kier molecular flexibility index (Phi) is 5.05. The molecule has 3 N–H and O–H groups in total. The first kappa shape index (κ1) is 21.9. The number of carbonyl (C=O) groups is 1. The van der Waals surface area contributed by atoms with Crippen molar-refractivity contribution in [3.05, 3.63) is 59.0 Å². The number of nitrogens with two attached hydrogens (primary N) is 1. The molecule has 4 rings (SSSR count). The largest absolute Gasteiger partial charge is 0.386 e. The van der Waals surface area contributed by atoms with E-state index < -0.39 is 37.0 Å². The van der Waals surface area contributed by atoms with Crippen molar-refractivity contribution in [3.8, 4) is 6.07 Å². The van der Waals surface area contributed by atoms with Gasteiger partial charge in [-0.25, -0.2) is 17.9 Å². The molecule has 2 aliphatic rings. The molecule has 0 saturated carbocycles. The lowest BCUT2D eigenvalue weighted by atomic mass is 9.89. The highest BCUT2D eigenvalue weighted by Gasteiger charge is 2.57. The molecule has 10 heteroatoms. The summed E-state index contributed by atoms with van der Waals surface area (Å²) in [4.78, 5) is 21.5. The van der Waals surface area contributed by atoms with Gasteiger partial charge < -0.3 is 11.1 Å². The molecule has 0 fully saturated rings. The number of nitriles is 1. The maximum atomic E-state index is 15.0. The van der Waals surface area contributed by atoms with Crippen molar-refractivity contribution in [2.24, 2.45) is 15.1 Å². The summed E-state index contributed by atoms with van der Waals surface area (Å²) < 4.78 is 32.3. The van der Waals surface area contributed by atoms with Crippen molar-refractivity contribution in [2.45, 2.75) is 42.7 Å². The van der Waals surface area contributed by atoms with Crippen LogP contribution in [0.15, 0.2) is 45.8 Å². The first-order valence-corrected chi connectivity index (χ1v) is 11.7. The molecule has 0 spiro atoms. The van der Waals surface area contributed by atoms with E-state index in [-0.39, 0.29) is 17.3 Å². The molecular formula is C22H23FN6O2S. The Hall–Kier alpha value is -3.32. The van der Waals surface area contributed by atoms with Gasteiger partial charge in [0.25, 0.3) is 5.91 Å². The van der Waals surface area contributed by atoms with Crippen molar-refractivity contribution >= 4 is 27.3 Å². The molecule has 0 radical (unpaired) electrons. The lowest BCUT2D eigenvalue weighted by molar-refractivity contribution is 0.102. The van der Waals surface area contributed by atoms with E-state index in [1.807, 2.05) is 6.07 Å². The van der Waals surface area contributed by atoms with Crippen LogP contribution in [0.4, 0.5) is 10.2 Å². The summed E-state index contributed by atoms with van der Waals surface area (Å²) in [5, 5.41) is 11.0. The molecule has 3 heterocycles. The molecule has 2 aliphatic heterocycles. The van der Waals surface area contributed by atoms with Gasteiger partial charge in [0.1, 0.15) is 33.5 Å². The second-order valence-corrected chi connectivity index (χ2v) is 11.5. The molecular weight excluding hydrogens is 431 g/mol. The number of carbonyl (C=O) groups excluding carboxylic acids is 1. The van der Waals surface area contributed by atoms with Gasteiger partial charge >= 0.3 is 0 Å². The minimum absolute atomic E-state index is 0.0385. The summed E-state index contributed by atoms with van der Waals surface area (Å²) >= 11 is 0. The maximum Gasteiger partial charge on any atom is 0.256 e. The van der Waals surface area contributed by atoms with Crippen molar-refractivity contribution in [1.82, 2.24) is 4.98 Å². The van der Waals surface area contributed by atoms with Crippen LogP contribution in [0.2, 0.25) is 0 Å². The fraction of sp³-hybridized carbons (Fsp3) is 0.364. The van der Waals surface area contributed by atoms with E-state index in [4.69, 9.17) is 11.0 Å². The van der Waals surface area contributed by atoms with Gasteiger partial charge in [-0.05, 0) is 63.6 Å². The lowest BCUT2D eigenvalue weighted by Gasteiger charge is -2.44. The number of hydrogen-bond acceptors (Lipinski definition) is 7. The number of benzene rings is 1. The molecule has 166 valence electrons. The van der Waals surface area contributed by atoms with E-state index >= 15 is 4.39 Å². The number of fused-ring (bicyclic) bond motifs is 1. The Morgan fingerprint density at radius 1 is 1.25 bits per heavy atom. The number of nitrogens with one attached hydrogen (secondary N) is 1. The smallest absolute Gasteiger partial charge is 0.256 e. The molecule has 1 amide bonds. The molecule has 1 aromatic heterocycles. The average molecular weight is 455 g/mol. The fourth-order valence-corrected chi connectivity index (χ4v) is 7.38. The van der Waals surface area contributed by atoms with E-state index in [1.54, 1.807) is 20.8 Å². The average Bonchev–Trinajstić information content (AvgIpc) is 3.18. The first-order valence-electron chi connectivity index (χ1n) is 10.1. The molecule has 1 unspecified atom stereocenters. The fourth-order valence-electron chi connectivity index (χ4n) is 4.23. The van der Waals surface area contributed by atoms with E-state index in [0.29, 0.717) is 24.1 Å². The van der Waals surface area contributed by atoms with Crippen LogP contribution >= 0.6 is 0 Å². The number of aromatic nitrogens is 1. The van der Waals surface area contributed by atoms with E-state index in [2.05, 4.69) is 19.7 Å². The number of halogens is 1. The Balaban J connectivity index is 1.74. The molecule has 0 aliphatic carbocycles. The molecule has 1 aromatic carbocycles. The SMILES string of the molecule is CC1(C)C(N)=N[C@](C)(c2nc(NC(=O)c3ccc(C#N)cc3)ccc2F)[C@@H]2CCN=S21=O. The summed E-state index contributed by atoms with van der Waals surface area (Å²) in [6.07, 6.45) is 0.471. The van der Waals surface area contributed by atoms with Gasteiger partial charge in [0.15, 0.2) is 0 Å². The van der Waals surface area contributed by atoms with Crippen LogP contribution in [-0.2, 0) is 15.3 Å². The lowest BCUT2D eigenvalue weighted by Crippen LogP contribution is -2.58. The van der Waals surface area contributed by atoms with Crippen molar-refractivity contribution < 1.29 is 13.4 Å². The van der Waals surface area contributed by atoms with Crippen LogP contribution in [0.3, 0.4) is 0 Å². The molecule has 3 atom stereocenters. The highest BCUT2D eigenvalue weighted by Crippen LogP contribution is 2.47. The maximum absolute atomic E-state index is 15.0. The normalized spacial score (nSPS) is 28.1. The van der Waals surface area contributed by atoms with Crippen molar-refractivity contribution in [1.29, 1.82) is 5.26 Å². The number of rotatable bonds is 3. The zero-order chi connectivity index (χ0) is 23.3. The summed E-state index contributed by atoms with van der Waals surface area (Å²) in [6.45, 7) is 5.53. The number of hydrogen-bond donors (Lipinski definition) is 2. The molecule has 2 aromatic rings. The van der Waals surface area contributed by atoms with E-state index in [1.165, 1.54) is 36.4 Å². The summed E-state index contributed by atoms with van der Waals surface area (Å²) in [5.41, 5.74) is 5.62. The first-order chi connectivity index (χ1) is 15.0. The summed E-state index contributed by atoms with van der Waals surface area (Å²) in [5.74, 6) is -0.830. The van der Waals surface area contributed by atoms with Crippen LogP contribution in [0.25, 0.3) is 0 Å². The van der Waals surface area contributed by atoms with Gasteiger partial charge in [0.2, 0.25) is 0 Å². The third-order valence-corrected chi connectivity index (χ3v) is 9.93. The van der Waals surface area contributed by atoms with Crippen molar-refractivity contribution in [2.75, 3.05) is 11.9 Å². The quantitative estimate of drug-likeness (QED) is 0.735. The monoisotopic (exact) mass is 454 g/mol. The standard InChI is InChI=1S/C22H23FN6O2S/c1-21(2)20(25)29-22(3,16-10-11-26-32(16,21)31)18-15(23)8-9-17(27-18)28-19(30)14-6-4-13(12-24)5-7-14/h4-9,16H,10-11H2,1-3H3,(H2,25,29)(H,27,28,30)/t16-,22-,32?/m0/s1. The van der Waals surface area contributed by atoms with Crippen LogP contribution < -0.4 is 11.1 Å². The molecule has 32 heavy (non-hydrogen) atoms. The Morgan fingerprint density at radius 2 is 1.94 bits per heavy atom. The second kappa shape index (κ2) is 7.38. The summed E-state index contributed by atoms with van der Waals surface area (Å²) in [7, 11) is -2.83. The highest BCUT2D eigenvalue weighted by molar-refractivity contribution is 7.96. The summed E-state index contributed by atoms with van der Waals surface area (Å²) in [6, 6.07) is 10.6. The number of anilines is 1. The molecule has 0 saturated heterocycles. The van der Waals surface area contributed by atoms with Gasteiger partial charge in [-0.1, -0.05) is 0 Å². The zero-order valence-electron chi connectivity index (χ0n) is 17.9. The number of aliphatic imine (C=N–C) groups is 1. The number of amides is 1. The number of nitrogens with zero attached hydrogens (tertiary/aromatic N) is 4. The highest BCUT2D eigenvalue weighted by atomic mass is 32.2. The van der Waals surface area contributed by atoms with Gasteiger partial charge in [-0.3, -0.25) is 9.79 Å². The predicted molar refractivity (Wildman–Crippen MR) is 120 cm³/mol. The van der Waals surface area contributed by atoms with Crippen LogP contribution in [0, 0.1) is 17.1 Å². The minimum Gasteiger partial charge on any atom is -0.386 e. The predicted octanol–water partition coefficient (Wildman–Crippen LogP) is 2.95. The third kappa shape index (κ3) is 3.15. The number of amidine groups is 1. The van der Waals surface area contributed by atoms with Crippen LogP contribution in [-0.4, -0.2) is 37.5 Å². The Labute approximate surface area is 185 Å². The zero-order valence-corrected chi connectivity index (χ0v) is 18.7. The molecule has 8 nitrogen and oxygen atoms in total. The topological polar surface area (TPSA) is 134 Å². The molecule has 0 bridgehead atoms. The number of pyridine rings is 1.